The maximum Gasteiger partial charge on any atom is 0.165 e. The lowest BCUT2D eigenvalue weighted by molar-refractivity contribution is 0.0989. The van der Waals surface area contributed by atoms with Crippen LogP contribution in [-0.2, 0) is 6.54 Å². The van der Waals surface area contributed by atoms with E-state index in [0.717, 1.165) is 30.3 Å². The van der Waals surface area contributed by atoms with Crippen LogP contribution in [0.15, 0.2) is 48.5 Å². The molecule has 114 valence electrons. The van der Waals surface area contributed by atoms with Crippen LogP contribution in [-0.4, -0.2) is 10.4 Å². The van der Waals surface area contributed by atoms with Crippen molar-refractivity contribution in [2.24, 2.45) is 0 Å². The van der Waals surface area contributed by atoms with Gasteiger partial charge in [-0.3, -0.25) is 4.79 Å². The molecule has 0 bridgehead atoms. The van der Waals surface area contributed by atoms with Gasteiger partial charge in [0.05, 0.1) is 10.2 Å². The fraction of sp³-hybridized carbons (Fsp3) is 0.250. The first-order chi connectivity index (χ1) is 11.3. The van der Waals surface area contributed by atoms with E-state index in [4.69, 9.17) is 0 Å². The quantitative estimate of drug-likeness (QED) is 0.540. The topological polar surface area (TPSA) is 22.0 Å². The third-order valence-corrected chi connectivity index (χ3v) is 6.25. The van der Waals surface area contributed by atoms with E-state index in [0.29, 0.717) is 18.1 Å². The Morgan fingerprint density at radius 2 is 1.78 bits per heavy atom. The number of ketones is 1. The zero-order valence-electron chi connectivity index (χ0n) is 12.8. The summed E-state index contributed by atoms with van der Waals surface area (Å²) >= 11 is 1.78. The van der Waals surface area contributed by atoms with E-state index in [2.05, 4.69) is 47.0 Å². The Labute approximate surface area is 138 Å². The molecule has 0 N–H and O–H groups in total. The van der Waals surface area contributed by atoms with Crippen LogP contribution < -0.4 is 0 Å². The molecular weight excluding hydrogens is 302 g/mol. The standard InChI is InChI=1S/C20H17NOS/c22-16-12-13-6-5-11-21-15-8-2-4-10-18(15)23-17-9-3-1-7-14(17)19(16)20(13)21/h1-4,7-10,13H,5-6,11-12H2/t13-/m0/s1. The Hall–Kier alpha value is -2.13. The van der Waals surface area contributed by atoms with Crippen LogP contribution in [0.4, 0.5) is 0 Å². The Kier molecular flexibility index (Phi) is 2.86. The van der Waals surface area contributed by atoms with Gasteiger partial charge in [-0.05, 0) is 31.0 Å². The van der Waals surface area contributed by atoms with Crippen LogP contribution in [0.2, 0.25) is 0 Å². The van der Waals surface area contributed by atoms with Gasteiger partial charge in [0.15, 0.2) is 5.78 Å². The number of Topliss-reactive ketones (excluding diaryl/α,β-unsaturated/α-hetero) is 1. The van der Waals surface area contributed by atoms with E-state index in [-0.39, 0.29) is 0 Å². The van der Waals surface area contributed by atoms with Crippen LogP contribution in [0.5, 0.6) is 0 Å². The Balaban J connectivity index is 2.10. The number of carbonyl (C=O) groups is 1. The second kappa shape index (κ2) is 4.93. The maximum absolute atomic E-state index is 12.8. The minimum absolute atomic E-state index is 0.323. The minimum Gasteiger partial charge on any atom is -0.343 e. The summed E-state index contributed by atoms with van der Waals surface area (Å²) in [4.78, 5) is 12.8. The highest BCUT2D eigenvalue weighted by atomic mass is 32.1. The van der Waals surface area contributed by atoms with Crippen molar-refractivity contribution in [1.82, 2.24) is 4.57 Å². The SMILES string of the molecule is O=C1C[C@@H]2CCCn3c2c1c1ccccc1sc1ccccc13. The van der Waals surface area contributed by atoms with Gasteiger partial charge in [0.1, 0.15) is 0 Å². The molecule has 0 spiro atoms. The lowest BCUT2D eigenvalue weighted by atomic mass is 9.96. The number of rotatable bonds is 0. The number of fused-ring (bicyclic) bond motifs is 4. The van der Waals surface area contributed by atoms with Crippen LogP contribution in [0.3, 0.4) is 0 Å². The first-order valence-electron chi connectivity index (χ1n) is 8.24. The highest BCUT2D eigenvalue weighted by molar-refractivity contribution is 7.24. The molecule has 0 fully saturated rings. The van der Waals surface area contributed by atoms with Gasteiger partial charge in [0.25, 0.3) is 0 Å². The maximum atomic E-state index is 12.8. The van der Waals surface area contributed by atoms with E-state index >= 15 is 0 Å². The zero-order chi connectivity index (χ0) is 15.4. The number of aromatic nitrogens is 1. The number of hydrogen-bond acceptors (Lipinski definition) is 2. The highest BCUT2D eigenvalue weighted by Gasteiger charge is 2.34. The van der Waals surface area contributed by atoms with Gasteiger partial charge in [-0.15, -0.1) is 11.3 Å². The summed E-state index contributed by atoms with van der Waals surface area (Å²) in [5.74, 6) is 0.722. The van der Waals surface area contributed by atoms with E-state index in [1.165, 1.54) is 20.6 Å². The zero-order valence-corrected chi connectivity index (χ0v) is 13.6. The molecule has 2 nitrogen and oxygen atoms in total. The van der Waals surface area contributed by atoms with Gasteiger partial charge in [-0.25, -0.2) is 0 Å². The molecular formula is C20H17NOS. The van der Waals surface area contributed by atoms with Gasteiger partial charge in [0.2, 0.25) is 0 Å². The second-order valence-corrected chi connectivity index (χ2v) is 7.53. The van der Waals surface area contributed by atoms with Gasteiger partial charge >= 0.3 is 0 Å². The first-order valence-corrected chi connectivity index (χ1v) is 9.06. The Bertz CT molecular complexity index is 1010. The fourth-order valence-corrected chi connectivity index (χ4v) is 5.26. The molecule has 1 aliphatic carbocycles. The van der Waals surface area contributed by atoms with Gasteiger partial charge in [-0.2, -0.15) is 0 Å². The average molecular weight is 319 g/mol. The largest absolute Gasteiger partial charge is 0.343 e. The molecule has 1 aromatic heterocycles. The lowest BCUT2D eigenvalue weighted by Gasteiger charge is -2.24. The Morgan fingerprint density at radius 1 is 1.00 bits per heavy atom. The summed E-state index contributed by atoms with van der Waals surface area (Å²) in [7, 11) is 0. The van der Waals surface area contributed by atoms with Crippen LogP contribution in [0.1, 0.15) is 41.2 Å². The number of benzene rings is 2. The van der Waals surface area contributed by atoms with Crippen LogP contribution in [0.25, 0.3) is 20.3 Å². The summed E-state index contributed by atoms with van der Waals surface area (Å²) in [6.45, 7) is 1.02. The molecule has 23 heavy (non-hydrogen) atoms. The number of hydrogen-bond donors (Lipinski definition) is 0. The second-order valence-electron chi connectivity index (χ2n) is 6.44. The van der Waals surface area contributed by atoms with Crippen molar-refractivity contribution >= 4 is 37.4 Å². The summed E-state index contributed by atoms with van der Waals surface area (Å²) in [5.41, 5.74) is 3.52. The molecule has 2 heterocycles. The predicted octanol–water partition coefficient (Wildman–Crippen LogP) is 5.44. The molecule has 1 atom stereocenters. The summed E-state index contributed by atoms with van der Waals surface area (Å²) < 4.78 is 4.90. The molecule has 2 aliphatic rings. The number of aryl methyl sites for hydroxylation is 1. The number of carbonyl (C=O) groups excluding carboxylic acids is 1. The van der Waals surface area contributed by atoms with Crippen molar-refractivity contribution < 1.29 is 4.79 Å². The molecule has 0 saturated heterocycles. The highest BCUT2D eigenvalue weighted by Crippen LogP contribution is 2.43. The number of nitrogens with zero attached hydrogens (tertiary/aromatic N) is 1. The van der Waals surface area contributed by atoms with Gasteiger partial charge in [-0.1, -0.05) is 30.3 Å². The molecule has 1 aliphatic heterocycles. The van der Waals surface area contributed by atoms with Crippen molar-refractivity contribution in [2.45, 2.75) is 31.7 Å². The summed E-state index contributed by atoms with van der Waals surface area (Å²) in [6, 6.07) is 17.0. The number of para-hydroxylation sites is 1. The van der Waals surface area contributed by atoms with E-state index < -0.39 is 0 Å². The molecule has 0 saturated carbocycles. The van der Waals surface area contributed by atoms with E-state index in [9.17, 15) is 4.79 Å². The molecule has 2 aromatic carbocycles. The van der Waals surface area contributed by atoms with Crippen molar-refractivity contribution in [1.29, 1.82) is 0 Å². The van der Waals surface area contributed by atoms with E-state index in [1.54, 1.807) is 11.3 Å². The lowest BCUT2D eigenvalue weighted by Crippen LogP contribution is -2.15. The fourth-order valence-electron chi connectivity index (χ4n) is 4.17. The molecule has 0 radical (unpaired) electrons. The first kappa shape index (κ1) is 13.3. The van der Waals surface area contributed by atoms with E-state index in [1.807, 2.05) is 6.07 Å². The van der Waals surface area contributed by atoms with Gasteiger partial charge < -0.3 is 4.57 Å². The summed E-state index contributed by atoms with van der Waals surface area (Å²) in [6.07, 6.45) is 2.98. The molecule has 3 aromatic rings. The molecule has 0 amide bonds. The third kappa shape index (κ3) is 1.89. The average Bonchev–Trinajstić information content (AvgIpc) is 2.90. The van der Waals surface area contributed by atoms with Crippen LogP contribution in [0, 0.1) is 0 Å². The third-order valence-electron chi connectivity index (χ3n) is 5.11. The molecule has 5 rings (SSSR count). The van der Waals surface area contributed by atoms with Crippen molar-refractivity contribution in [2.75, 3.05) is 0 Å². The van der Waals surface area contributed by atoms with Crippen molar-refractivity contribution in [3.63, 3.8) is 0 Å². The minimum atomic E-state index is 0.323. The van der Waals surface area contributed by atoms with Crippen molar-refractivity contribution in [3.8, 4) is 0 Å². The van der Waals surface area contributed by atoms with Crippen LogP contribution >= 0.6 is 11.3 Å². The normalized spacial score (nSPS) is 19.1. The molecule has 0 unspecified atom stereocenters. The Morgan fingerprint density at radius 3 is 2.70 bits per heavy atom. The monoisotopic (exact) mass is 319 g/mol. The smallest absolute Gasteiger partial charge is 0.165 e. The van der Waals surface area contributed by atoms with Crippen molar-refractivity contribution in [3.05, 3.63) is 59.8 Å². The summed E-state index contributed by atoms with van der Waals surface area (Å²) in [5, 5.41) is 1.13. The predicted molar refractivity (Wildman–Crippen MR) is 95.9 cm³/mol. The molecule has 3 heteroatoms. The van der Waals surface area contributed by atoms with Gasteiger partial charge in [0, 0.05) is 40.2 Å².